The first-order valence-corrected chi connectivity index (χ1v) is 14.4. The highest BCUT2D eigenvalue weighted by Crippen LogP contribution is 2.49. The molecule has 1 aliphatic rings. The zero-order valence-electron chi connectivity index (χ0n) is 21.2. The van der Waals surface area contributed by atoms with Crippen LogP contribution in [0.25, 0.3) is 5.57 Å². The molecular formula is C27H40FNO2Si. The summed E-state index contributed by atoms with van der Waals surface area (Å²) in [5, 5.41) is 0. The van der Waals surface area contributed by atoms with Crippen LogP contribution < -0.4 is 0 Å². The Morgan fingerprint density at radius 1 is 1.12 bits per heavy atom. The van der Waals surface area contributed by atoms with Gasteiger partial charge in [-0.1, -0.05) is 66.7 Å². The first kappa shape index (κ1) is 26.3. The molecular weight excluding hydrogens is 417 g/mol. The van der Waals surface area contributed by atoms with Crippen molar-refractivity contribution in [3.63, 3.8) is 0 Å². The minimum absolute atomic E-state index is 0.0440. The molecule has 5 heteroatoms. The lowest BCUT2D eigenvalue weighted by Gasteiger charge is -2.48. The van der Waals surface area contributed by atoms with E-state index in [9.17, 15) is 9.18 Å². The Morgan fingerprint density at radius 2 is 1.72 bits per heavy atom. The molecule has 1 unspecified atom stereocenters. The highest BCUT2D eigenvalue weighted by molar-refractivity contribution is 6.48. The molecule has 1 aromatic carbocycles. The number of carbonyl (C=O) groups excluding carboxylic acids is 1. The minimum atomic E-state index is -1.24. The van der Waals surface area contributed by atoms with Gasteiger partial charge in [0.2, 0.25) is 0 Å². The van der Waals surface area contributed by atoms with Crippen molar-refractivity contribution in [2.24, 2.45) is 17.3 Å². The molecule has 0 bridgehead atoms. The standard InChI is InChI=1S/C27H40FNO2Si/c1-18(2)25-22(11-10-16-30)23(20-12-14-21(28)15-13-20)24(27(5,6)7)26(19(3)4)29(25)17-31-32(8)9/h10-16,18-19,25,32H,17H2,1-9H3. The lowest BCUT2D eigenvalue weighted by Crippen LogP contribution is -2.47. The van der Waals surface area contributed by atoms with Crippen LogP contribution in [0.2, 0.25) is 13.1 Å². The Hall–Kier alpha value is -1.98. The van der Waals surface area contributed by atoms with E-state index in [1.165, 1.54) is 23.4 Å². The van der Waals surface area contributed by atoms with Gasteiger partial charge in [0.1, 0.15) is 18.8 Å². The van der Waals surface area contributed by atoms with E-state index < -0.39 is 9.04 Å². The van der Waals surface area contributed by atoms with Gasteiger partial charge in [0.05, 0.1) is 6.04 Å². The van der Waals surface area contributed by atoms with E-state index in [0.29, 0.717) is 6.73 Å². The van der Waals surface area contributed by atoms with Crippen molar-refractivity contribution in [1.82, 2.24) is 4.90 Å². The van der Waals surface area contributed by atoms with E-state index in [1.54, 1.807) is 6.08 Å². The number of carbonyl (C=O) groups is 1. The van der Waals surface area contributed by atoms with E-state index in [0.717, 1.165) is 23.0 Å². The molecule has 0 fully saturated rings. The van der Waals surface area contributed by atoms with Crippen molar-refractivity contribution < 1.29 is 13.6 Å². The summed E-state index contributed by atoms with van der Waals surface area (Å²) >= 11 is 0. The van der Waals surface area contributed by atoms with Crippen LogP contribution in [0.4, 0.5) is 4.39 Å². The number of aldehydes is 1. The number of rotatable bonds is 8. The van der Waals surface area contributed by atoms with Gasteiger partial charge in [0, 0.05) is 5.70 Å². The summed E-state index contributed by atoms with van der Waals surface area (Å²) in [5.74, 6) is 0.303. The summed E-state index contributed by atoms with van der Waals surface area (Å²) in [4.78, 5) is 13.8. The average Bonchev–Trinajstić information content (AvgIpc) is 2.68. The zero-order valence-corrected chi connectivity index (χ0v) is 22.4. The van der Waals surface area contributed by atoms with Crippen LogP contribution in [0.3, 0.4) is 0 Å². The highest BCUT2D eigenvalue weighted by atomic mass is 28.3. The smallest absolute Gasteiger partial charge is 0.173 e. The number of halogens is 1. The van der Waals surface area contributed by atoms with Gasteiger partial charge in [0.25, 0.3) is 0 Å². The van der Waals surface area contributed by atoms with Crippen LogP contribution in [0, 0.1) is 23.1 Å². The Bertz CT molecular complexity index is 889. The molecule has 0 radical (unpaired) electrons. The molecule has 2 rings (SSSR count). The van der Waals surface area contributed by atoms with E-state index >= 15 is 0 Å². The Kier molecular flexibility index (Phi) is 8.83. The van der Waals surface area contributed by atoms with Crippen molar-refractivity contribution in [3.8, 4) is 0 Å². The lowest BCUT2D eigenvalue weighted by molar-refractivity contribution is -0.104. The van der Waals surface area contributed by atoms with E-state index in [2.05, 4.69) is 66.5 Å². The first-order chi connectivity index (χ1) is 14.9. The van der Waals surface area contributed by atoms with Crippen LogP contribution in [0.1, 0.15) is 54.0 Å². The molecule has 32 heavy (non-hydrogen) atoms. The highest BCUT2D eigenvalue weighted by Gasteiger charge is 2.40. The third-order valence-corrected chi connectivity index (χ3v) is 6.54. The largest absolute Gasteiger partial charge is 0.403 e. The topological polar surface area (TPSA) is 29.5 Å². The van der Waals surface area contributed by atoms with Crippen LogP contribution in [-0.4, -0.2) is 33.0 Å². The third-order valence-electron chi connectivity index (χ3n) is 5.72. The molecule has 176 valence electrons. The zero-order chi connectivity index (χ0) is 24.2. The molecule has 0 spiro atoms. The van der Waals surface area contributed by atoms with Crippen molar-refractivity contribution in [2.75, 3.05) is 6.73 Å². The van der Waals surface area contributed by atoms with Gasteiger partial charge >= 0.3 is 0 Å². The molecule has 0 saturated carbocycles. The fraction of sp³-hybridized carbons (Fsp3) is 0.519. The van der Waals surface area contributed by atoms with Gasteiger partial charge in [-0.15, -0.1) is 0 Å². The molecule has 0 aliphatic carbocycles. The van der Waals surface area contributed by atoms with Gasteiger partial charge in [-0.05, 0) is 70.8 Å². The predicted molar refractivity (Wildman–Crippen MR) is 135 cm³/mol. The summed E-state index contributed by atoms with van der Waals surface area (Å²) in [5.41, 5.74) is 5.51. The van der Waals surface area contributed by atoms with Crippen LogP contribution >= 0.6 is 0 Å². The summed E-state index contributed by atoms with van der Waals surface area (Å²) in [6.45, 7) is 20.5. The monoisotopic (exact) mass is 457 g/mol. The number of hydrogen-bond acceptors (Lipinski definition) is 3. The molecule has 1 aromatic rings. The van der Waals surface area contributed by atoms with Crippen molar-refractivity contribution in [1.29, 1.82) is 0 Å². The molecule has 0 N–H and O–H groups in total. The Balaban J connectivity index is 2.99. The molecule has 0 aromatic heterocycles. The second-order valence-electron chi connectivity index (χ2n) is 10.5. The van der Waals surface area contributed by atoms with Gasteiger partial charge in [-0.25, -0.2) is 4.39 Å². The van der Waals surface area contributed by atoms with E-state index in [1.807, 2.05) is 18.2 Å². The minimum Gasteiger partial charge on any atom is -0.403 e. The van der Waals surface area contributed by atoms with Crippen LogP contribution in [0.5, 0.6) is 0 Å². The number of nitrogens with zero attached hydrogens (tertiary/aromatic N) is 1. The molecule has 3 nitrogen and oxygen atoms in total. The maximum absolute atomic E-state index is 13.8. The summed E-state index contributed by atoms with van der Waals surface area (Å²) in [6, 6.07) is 6.79. The first-order valence-electron chi connectivity index (χ1n) is 11.6. The van der Waals surface area contributed by atoms with Gasteiger partial charge in [-0.3, -0.25) is 4.79 Å². The second kappa shape index (κ2) is 10.8. The number of allylic oxidation sites excluding steroid dienone is 4. The average molecular weight is 458 g/mol. The Morgan fingerprint density at radius 3 is 2.16 bits per heavy atom. The predicted octanol–water partition coefficient (Wildman–Crippen LogP) is 6.59. The van der Waals surface area contributed by atoms with Gasteiger partial charge in [0.15, 0.2) is 9.04 Å². The fourth-order valence-electron chi connectivity index (χ4n) is 4.61. The molecule has 0 saturated heterocycles. The maximum atomic E-state index is 13.8. The van der Waals surface area contributed by atoms with Crippen molar-refractivity contribution >= 4 is 20.9 Å². The lowest BCUT2D eigenvalue weighted by atomic mass is 9.70. The van der Waals surface area contributed by atoms with Crippen molar-refractivity contribution in [2.45, 2.75) is 67.6 Å². The Labute approximate surface area is 195 Å². The summed E-state index contributed by atoms with van der Waals surface area (Å²) in [6.07, 6.45) is 4.34. The third kappa shape index (κ3) is 5.87. The van der Waals surface area contributed by atoms with E-state index in [-0.39, 0.29) is 29.1 Å². The van der Waals surface area contributed by atoms with Crippen molar-refractivity contribution in [3.05, 3.63) is 64.6 Å². The second-order valence-corrected chi connectivity index (χ2v) is 12.9. The number of benzene rings is 1. The van der Waals surface area contributed by atoms with E-state index in [4.69, 9.17) is 4.43 Å². The maximum Gasteiger partial charge on any atom is 0.173 e. The number of hydrogen-bond donors (Lipinski definition) is 0. The molecule has 1 aliphatic heterocycles. The molecule has 1 atom stereocenters. The summed E-state index contributed by atoms with van der Waals surface area (Å²) < 4.78 is 20.1. The fourth-order valence-corrected chi connectivity index (χ4v) is 5.07. The van der Waals surface area contributed by atoms with Gasteiger partial charge < -0.3 is 9.33 Å². The van der Waals surface area contributed by atoms with Crippen LogP contribution in [-0.2, 0) is 9.22 Å². The van der Waals surface area contributed by atoms with Crippen LogP contribution in [0.15, 0.2) is 53.3 Å². The normalized spacial score (nSPS) is 18.2. The quantitative estimate of drug-likeness (QED) is 0.251. The summed E-state index contributed by atoms with van der Waals surface area (Å²) in [7, 11) is -1.24. The molecule has 0 amide bonds. The van der Waals surface area contributed by atoms with Gasteiger partial charge in [-0.2, -0.15) is 0 Å². The SMILES string of the molecule is CC(C)C1=C(C(C)(C)C)C(c2ccc(F)cc2)=C(C=CC=O)C(C(C)C)N1CO[SiH](C)C. The molecule has 1 heterocycles.